The van der Waals surface area contributed by atoms with E-state index in [1.54, 1.807) is 16.1 Å². The van der Waals surface area contributed by atoms with Crippen molar-refractivity contribution in [2.45, 2.75) is 19.4 Å². The number of hydrogen-bond donors (Lipinski definition) is 1. The summed E-state index contributed by atoms with van der Waals surface area (Å²) in [4.78, 5) is 6.02. The third-order valence-electron chi connectivity index (χ3n) is 3.17. The summed E-state index contributed by atoms with van der Waals surface area (Å²) < 4.78 is 0. The van der Waals surface area contributed by atoms with Crippen LogP contribution in [0, 0.1) is 0 Å². The van der Waals surface area contributed by atoms with E-state index in [0.29, 0.717) is 0 Å². The summed E-state index contributed by atoms with van der Waals surface area (Å²) in [6, 6.07) is 10.1. The molecule has 0 radical (unpaired) electrons. The highest BCUT2D eigenvalue weighted by Gasteiger charge is 2.16. The number of aromatic nitrogens is 4. The van der Waals surface area contributed by atoms with Crippen molar-refractivity contribution in [1.82, 2.24) is 25.3 Å². The van der Waals surface area contributed by atoms with E-state index in [2.05, 4.69) is 27.4 Å². The van der Waals surface area contributed by atoms with Crippen LogP contribution in [0.5, 0.6) is 0 Å². The van der Waals surface area contributed by atoms with Crippen molar-refractivity contribution in [1.29, 1.82) is 0 Å². The second kappa shape index (κ2) is 6.60. The zero-order chi connectivity index (χ0) is 14.5. The van der Waals surface area contributed by atoms with Crippen LogP contribution in [0.15, 0.2) is 48.1 Å². The van der Waals surface area contributed by atoms with Gasteiger partial charge in [0.1, 0.15) is 5.69 Å². The zero-order valence-corrected chi connectivity index (χ0v) is 12.6. The minimum absolute atomic E-state index is 0.138. The summed E-state index contributed by atoms with van der Waals surface area (Å²) in [6.45, 7) is 2.98. The summed E-state index contributed by atoms with van der Waals surface area (Å²) in [6.07, 6.45) is 4.50. The van der Waals surface area contributed by atoms with Crippen LogP contribution in [0.2, 0.25) is 0 Å². The van der Waals surface area contributed by atoms with Gasteiger partial charge in [-0.15, -0.1) is 11.3 Å². The lowest BCUT2D eigenvalue weighted by Gasteiger charge is -2.13. The molecule has 0 saturated heterocycles. The van der Waals surface area contributed by atoms with Gasteiger partial charge >= 0.3 is 0 Å². The molecule has 108 valence electrons. The molecule has 21 heavy (non-hydrogen) atoms. The van der Waals surface area contributed by atoms with Crippen LogP contribution in [0.1, 0.15) is 23.7 Å². The molecule has 0 fully saturated rings. The largest absolute Gasteiger partial charge is 0.308 e. The molecule has 1 aromatic carbocycles. The SMILES string of the molecule is CCNC(Cc1nccs1)c1cnn(-c2ccccc2)n1. The molecule has 0 aliphatic heterocycles. The lowest BCUT2D eigenvalue weighted by Crippen LogP contribution is -2.23. The Balaban J connectivity index is 1.81. The van der Waals surface area contributed by atoms with Gasteiger partial charge in [-0.1, -0.05) is 25.1 Å². The van der Waals surface area contributed by atoms with Gasteiger partial charge in [-0.25, -0.2) is 4.98 Å². The van der Waals surface area contributed by atoms with Crippen molar-refractivity contribution in [2.24, 2.45) is 0 Å². The molecule has 2 heterocycles. The first-order valence-corrected chi connectivity index (χ1v) is 7.84. The Hall–Kier alpha value is -2.05. The Morgan fingerprint density at radius 1 is 1.29 bits per heavy atom. The maximum Gasteiger partial charge on any atom is 0.100 e. The van der Waals surface area contributed by atoms with E-state index >= 15 is 0 Å². The third-order valence-corrected chi connectivity index (χ3v) is 3.97. The van der Waals surface area contributed by atoms with Crippen LogP contribution in [0.4, 0.5) is 0 Å². The minimum Gasteiger partial charge on any atom is -0.308 e. The molecule has 1 atom stereocenters. The number of hydrogen-bond acceptors (Lipinski definition) is 5. The van der Waals surface area contributed by atoms with Gasteiger partial charge in [0.05, 0.1) is 22.9 Å². The van der Waals surface area contributed by atoms with E-state index in [1.165, 1.54) is 0 Å². The second-order valence-electron chi connectivity index (χ2n) is 4.63. The molecular weight excluding hydrogens is 282 g/mol. The maximum atomic E-state index is 4.60. The van der Waals surface area contributed by atoms with E-state index in [4.69, 9.17) is 0 Å². The highest BCUT2D eigenvalue weighted by Crippen LogP contribution is 2.18. The Bertz CT molecular complexity index is 662. The molecule has 0 spiro atoms. The van der Waals surface area contributed by atoms with Gasteiger partial charge in [-0.3, -0.25) is 0 Å². The standard InChI is InChI=1S/C15H17N5S/c1-2-16-13(10-15-17-8-9-21-15)14-11-18-20(19-14)12-6-4-3-5-7-12/h3-9,11,13,16H,2,10H2,1H3. The van der Waals surface area contributed by atoms with Gasteiger partial charge < -0.3 is 5.32 Å². The van der Waals surface area contributed by atoms with Crippen LogP contribution in [-0.4, -0.2) is 26.5 Å². The lowest BCUT2D eigenvalue weighted by atomic mass is 10.1. The van der Waals surface area contributed by atoms with E-state index in [-0.39, 0.29) is 6.04 Å². The fourth-order valence-corrected chi connectivity index (χ4v) is 2.84. The minimum atomic E-state index is 0.138. The van der Waals surface area contributed by atoms with E-state index in [9.17, 15) is 0 Å². The summed E-state index contributed by atoms with van der Waals surface area (Å²) in [7, 11) is 0. The van der Waals surface area contributed by atoms with E-state index in [0.717, 1.165) is 29.4 Å². The number of nitrogens with one attached hydrogen (secondary N) is 1. The lowest BCUT2D eigenvalue weighted by molar-refractivity contribution is 0.530. The molecule has 0 bridgehead atoms. The topological polar surface area (TPSA) is 55.6 Å². The summed E-state index contributed by atoms with van der Waals surface area (Å²) >= 11 is 1.67. The normalized spacial score (nSPS) is 12.4. The van der Waals surface area contributed by atoms with Crippen molar-refractivity contribution >= 4 is 11.3 Å². The first kappa shape index (κ1) is 13.9. The van der Waals surface area contributed by atoms with Gasteiger partial charge in [0.15, 0.2) is 0 Å². The predicted molar refractivity (Wildman–Crippen MR) is 83.6 cm³/mol. The Morgan fingerprint density at radius 2 is 2.14 bits per heavy atom. The Kier molecular flexibility index (Phi) is 4.37. The second-order valence-corrected chi connectivity index (χ2v) is 5.61. The Labute approximate surface area is 127 Å². The number of para-hydroxylation sites is 1. The molecule has 3 aromatic rings. The number of rotatable bonds is 6. The summed E-state index contributed by atoms with van der Waals surface area (Å²) in [5, 5.41) is 15.5. The molecular formula is C15H17N5S. The molecule has 0 aliphatic carbocycles. The van der Waals surface area contributed by atoms with E-state index in [1.807, 2.05) is 48.1 Å². The number of likely N-dealkylation sites (N-methyl/N-ethyl adjacent to an activating group) is 1. The van der Waals surface area contributed by atoms with Crippen molar-refractivity contribution in [2.75, 3.05) is 6.54 Å². The Morgan fingerprint density at radius 3 is 2.86 bits per heavy atom. The smallest absolute Gasteiger partial charge is 0.100 e. The van der Waals surface area contributed by atoms with Crippen LogP contribution < -0.4 is 5.32 Å². The van der Waals surface area contributed by atoms with Gasteiger partial charge in [-0.05, 0) is 18.7 Å². The molecule has 1 N–H and O–H groups in total. The predicted octanol–water partition coefficient (Wildman–Crippen LogP) is 2.62. The highest BCUT2D eigenvalue weighted by molar-refractivity contribution is 7.09. The van der Waals surface area contributed by atoms with Crippen LogP contribution in [0.3, 0.4) is 0 Å². The summed E-state index contributed by atoms with van der Waals surface area (Å²) in [5.41, 5.74) is 1.91. The molecule has 6 heteroatoms. The molecule has 2 aromatic heterocycles. The van der Waals surface area contributed by atoms with Crippen molar-refractivity contribution in [3.05, 3.63) is 58.8 Å². The molecule has 1 unspecified atom stereocenters. The van der Waals surface area contributed by atoms with Crippen molar-refractivity contribution in [3.63, 3.8) is 0 Å². The maximum absolute atomic E-state index is 4.60. The summed E-state index contributed by atoms with van der Waals surface area (Å²) in [5.74, 6) is 0. The highest BCUT2D eigenvalue weighted by atomic mass is 32.1. The zero-order valence-electron chi connectivity index (χ0n) is 11.8. The molecule has 0 aliphatic rings. The number of benzene rings is 1. The van der Waals surface area contributed by atoms with Crippen LogP contribution in [-0.2, 0) is 6.42 Å². The van der Waals surface area contributed by atoms with Gasteiger partial charge in [0.25, 0.3) is 0 Å². The van der Waals surface area contributed by atoms with Crippen LogP contribution in [0.25, 0.3) is 5.69 Å². The van der Waals surface area contributed by atoms with Crippen molar-refractivity contribution < 1.29 is 0 Å². The van der Waals surface area contributed by atoms with Crippen molar-refractivity contribution in [3.8, 4) is 5.69 Å². The first-order chi connectivity index (χ1) is 10.4. The fraction of sp³-hybridized carbons (Fsp3) is 0.267. The first-order valence-electron chi connectivity index (χ1n) is 6.96. The molecule has 0 amide bonds. The molecule has 3 rings (SSSR count). The van der Waals surface area contributed by atoms with Gasteiger partial charge in [-0.2, -0.15) is 15.0 Å². The van der Waals surface area contributed by atoms with Crippen LogP contribution >= 0.6 is 11.3 Å². The number of thiazole rings is 1. The molecule has 0 saturated carbocycles. The van der Waals surface area contributed by atoms with Gasteiger partial charge in [0.2, 0.25) is 0 Å². The quantitative estimate of drug-likeness (QED) is 0.760. The monoisotopic (exact) mass is 299 g/mol. The van der Waals surface area contributed by atoms with E-state index < -0.39 is 0 Å². The fourth-order valence-electron chi connectivity index (χ4n) is 2.18. The number of nitrogens with zero attached hydrogens (tertiary/aromatic N) is 4. The average molecular weight is 299 g/mol. The molecule has 5 nitrogen and oxygen atoms in total. The third kappa shape index (κ3) is 3.34. The van der Waals surface area contributed by atoms with Gasteiger partial charge in [0, 0.05) is 18.0 Å². The average Bonchev–Trinajstić information content (AvgIpc) is 3.19.